The number of rotatable bonds is 12. The van der Waals surface area contributed by atoms with Crippen LogP contribution < -0.4 is 10.6 Å². The van der Waals surface area contributed by atoms with Crippen LogP contribution in [0.1, 0.15) is 95.5 Å². The molecule has 1 saturated carbocycles. The molecule has 0 saturated heterocycles. The lowest BCUT2D eigenvalue weighted by Gasteiger charge is -2.41. The van der Waals surface area contributed by atoms with Crippen molar-refractivity contribution in [1.82, 2.24) is 5.32 Å². The van der Waals surface area contributed by atoms with Crippen molar-refractivity contribution in [3.63, 3.8) is 0 Å². The number of benzene rings is 2. The van der Waals surface area contributed by atoms with E-state index in [9.17, 15) is 19.5 Å². The largest absolute Gasteiger partial charge is 0.480 e. The third-order valence-corrected chi connectivity index (χ3v) is 8.85. The van der Waals surface area contributed by atoms with Gasteiger partial charge in [0.15, 0.2) is 0 Å². The molecule has 40 heavy (non-hydrogen) atoms. The minimum Gasteiger partial charge on any atom is -0.480 e. The standard InChI is InChI=1S/C32H42Cl2N2O4/c1-6-30(2,3)19-31(4,5)20-32(16-7-8-17-32)29(40)36-25(28(38)39)18-21-12-14-22(15-13-21)35-27(37)26-23(33)10-9-11-24(26)34/h9-15,25H,6-8,16-20H2,1-5H3,(H,35,37)(H,36,40)(H,38,39)/t25-/m0/s1. The van der Waals surface area contributed by atoms with Crippen LogP contribution in [-0.2, 0) is 16.0 Å². The number of hydrogen-bond donors (Lipinski definition) is 3. The molecule has 1 aliphatic carbocycles. The number of amides is 2. The Labute approximate surface area is 248 Å². The first kappa shape index (κ1) is 32.0. The highest BCUT2D eigenvalue weighted by Crippen LogP contribution is 2.50. The summed E-state index contributed by atoms with van der Waals surface area (Å²) in [5.74, 6) is -1.66. The van der Waals surface area contributed by atoms with Gasteiger partial charge in [0.2, 0.25) is 5.91 Å². The van der Waals surface area contributed by atoms with Crippen LogP contribution in [-0.4, -0.2) is 28.9 Å². The molecule has 0 unspecified atom stereocenters. The molecule has 8 heteroatoms. The van der Waals surface area contributed by atoms with Crippen molar-refractivity contribution in [3.05, 3.63) is 63.6 Å². The van der Waals surface area contributed by atoms with Crippen LogP contribution in [0.3, 0.4) is 0 Å². The van der Waals surface area contributed by atoms with Crippen molar-refractivity contribution in [2.24, 2.45) is 16.2 Å². The summed E-state index contributed by atoms with van der Waals surface area (Å²) < 4.78 is 0. The number of anilines is 1. The number of aliphatic carboxylic acids is 1. The maximum atomic E-state index is 13.7. The second-order valence-corrected chi connectivity index (χ2v) is 13.7. The van der Waals surface area contributed by atoms with Crippen molar-refractivity contribution >= 4 is 46.7 Å². The van der Waals surface area contributed by atoms with Gasteiger partial charge in [-0.15, -0.1) is 0 Å². The minimum absolute atomic E-state index is 0.0472. The van der Waals surface area contributed by atoms with E-state index in [0.29, 0.717) is 5.69 Å². The van der Waals surface area contributed by atoms with Crippen LogP contribution in [0.5, 0.6) is 0 Å². The lowest BCUT2D eigenvalue weighted by atomic mass is 9.65. The van der Waals surface area contributed by atoms with Crippen LogP contribution in [0.2, 0.25) is 10.0 Å². The first-order valence-electron chi connectivity index (χ1n) is 14.1. The van der Waals surface area contributed by atoms with Gasteiger partial charge in [0, 0.05) is 17.5 Å². The predicted molar refractivity (Wildman–Crippen MR) is 162 cm³/mol. The molecule has 0 heterocycles. The van der Waals surface area contributed by atoms with Gasteiger partial charge in [0.25, 0.3) is 5.91 Å². The zero-order valence-electron chi connectivity index (χ0n) is 24.2. The topological polar surface area (TPSA) is 95.5 Å². The van der Waals surface area contributed by atoms with Crippen molar-refractivity contribution in [1.29, 1.82) is 0 Å². The Hall–Kier alpha value is -2.57. The highest BCUT2D eigenvalue weighted by atomic mass is 35.5. The van der Waals surface area contributed by atoms with Crippen molar-refractivity contribution in [2.75, 3.05) is 5.32 Å². The van der Waals surface area contributed by atoms with E-state index in [1.54, 1.807) is 42.5 Å². The van der Waals surface area contributed by atoms with E-state index in [0.717, 1.165) is 50.5 Å². The van der Waals surface area contributed by atoms with Crippen LogP contribution in [0.15, 0.2) is 42.5 Å². The Kier molecular flexibility index (Phi) is 10.3. The highest BCUT2D eigenvalue weighted by Gasteiger charge is 2.46. The predicted octanol–water partition coefficient (Wildman–Crippen LogP) is 8.16. The zero-order chi connectivity index (χ0) is 29.7. The Bertz CT molecular complexity index is 1200. The fraction of sp³-hybridized carbons (Fsp3) is 0.531. The van der Waals surface area contributed by atoms with Gasteiger partial charge >= 0.3 is 5.97 Å². The van der Waals surface area contributed by atoms with Gasteiger partial charge in [-0.1, -0.05) is 95.3 Å². The van der Waals surface area contributed by atoms with E-state index in [1.165, 1.54) is 0 Å². The number of halogens is 2. The third-order valence-electron chi connectivity index (χ3n) is 8.22. The number of nitrogens with one attached hydrogen (secondary N) is 2. The molecule has 0 spiro atoms. The number of carboxylic acids is 1. The quantitative estimate of drug-likeness (QED) is 0.233. The van der Waals surface area contributed by atoms with Gasteiger partial charge < -0.3 is 15.7 Å². The summed E-state index contributed by atoms with van der Waals surface area (Å²) in [4.78, 5) is 38.6. The molecule has 3 rings (SSSR count). The summed E-state index contributed by atoms with van der Waals surface area (Å²) in [6.07, 6.45) is 6.46. The van der Waals surface area contributed by atoms with E-state index in [4.69, 9.17) is 23.2 Å². The van der Waals surface area contributed by atoms with Crippen molar-refractivity contribution < 1.29 is 19.5 Å². The van der Waals surface area contributed by atoms with Crippen LogP contribution in [0, 0.1) is 16.2 Å². The van der Waals surface area contributed by atoms with Gasteiger partial charge in [-0.3, -0.25) is 9.59 Å². The monoisotopic (exact) mass is 588 g/mol. The van der Waals surface area contributed by atoms with E-state index in [1.807, 2.05) is 0 Å². The van der Waals surface area contributed by atoms with Crippen LogP contribution in [0.4, 0.5) is 5.69 Å². The van der Waals surface area contributed by atoms with Crippen molar-refractivity contribution in [2.45, 2.75) is 92.0 Å². The Morgan fingerprint density at radius 2 is 1.52 bits per heavy atom. The van der Waals surface area contributed by atoms with Gasteiger partial charge in [0.05, 0.1) is 15.6 Å². The molecule has 6 nitrogen and oxygen atoms in total. The molecule has 218 valence electrons. The average molecular weight is 590 g/mol. The molecule has 0 aromatic heterocycles. The minimum atomic E-state index is -1.07. The lowest BCUT2D eigenvalue weighted by molar-refractivity contribution is -0.144. The SMILES string of the molecule is CCC(C)(C)CC(C)(C)CC1(C(=O)N[C@@H](Cc2ccc(NC(=O)c3c(Cl)cccc3Cl)cc2)C(=O)O)CCCC1. The fourth-order valence-electron chi connectivity index (χ4n) is 6.31. The van der Waals surface area contributed by atoms with Gasteiger partial charge in [0.1, 0.15) is 6.04 Å². The molecule has 0 aliphatic heterocycles. The maximum absolute atomic E-state index is 13.7. The maximum Gasteiger partial charge on any atom is 0.326 e. The summed E-state index contributed by atoms with van der Waals surface area (Å²) in [6.45, 7) is 11.2. The molecule has 2 aromatic carbocycles. The molecule has 3 N–H and O–H groups in total. The molecule has 2 aromatic rings. The smallest absolute Gasteiger partial charge is 0.326 e. The Morgan fingerprint density at radius 1 is 0.950 bits per heavy atom. The second-order valence-electron chi connectivity index (χ2n) is 12.8. The number of carbonyl (C=O) groups excluding carboxylic acids is 2. The molecule has 1 aliphatic rings. The van der Waals surface area contributed by atoms with Crippen LogP contribution >= 0.6 is 23.2 Å². The summed E-state index contributed by atoms with van der Waals surface area (Å²) in [6, 6.07) is 10.7. The fourth-order valence-corrected chi connectivity index (χ4v) is 6.88. The van der Waals surface area contributed by atoms with Gasteiger partial charge in [-0.05, 0) is 66.3 Å². The normalized spacial score (nSPS) is 15.9. The van der Waals surface area contributed by atoms with E-state index in [-0.39, 0.29) is 38.8 Å². The Morgan fingerprint density at radius 3 is 2.05 bits per heavy atom. The summed E-state index contributed by atoms with van der Waals surface area (Å²) in [7, 11) is 0. The summed E-state index contributed by atoms with van der Waals surface area (Å²) in [5.41, 5.74) is 1.01. The first-order valence-corrected chi connectivity index (χ1v) is 14.8. The molecule has 0 radical (unpaired) electrons. The molecular formula is C32H42Cl2N2O4. The van der Waals surface area contributed by atoms with E-state index in [2.05, 4.69) is 45.3 Å². The number of carbonyl (C=O) groups is 3. The molecule has 1 fully saturated rings. The van der Waals surface area contributed by atoms with Crippen molar-refractivity contribution in [3.8, 4) is 0 Å². The number of hydrogen-bond acceptors (Lipinski definition) is 3. The summed E-state index contributed by atoms with van der Waals surface area (Å²) in [5, 5.41) is 16.1. The average Bonchev–Trinajstić information content (AvgIpc) is 3.32. The van der Waals surface area contributed by atoms with Gasteiger partial charge in [-0.25, -0.2) is 4.79 Å². The van der Waals surface area contributed by atoms with Gasteiger partial charge in [-0.2, -0.15) is 0 Å². The Balaban J connectivity index is 1.69. The second kappa shape index (κ2) is 12.9. The first-order chi connectivity index (χ1) is 18.7. The van der Waals surface area contributed by atoms with Crippen LogP contribution in [0.25, 0.3) is 0 Å². The lowest BCUT2D eigenvalue weighted by Crippen LogP contribution is -2.50. The van der Waals surface area contributed by atoms with E-state index < -0.39 is 23.3 Å². The third kappa shape index (κ3) is 8.23. The zero-order valence-corrected chi connectivity index (χ0v) is 25.7. The molecule has 2 amide bonds. The highest BCUT2D eigenvalue weighted by molar-refractivity contribution is 6.40. The molecule has 1 atom stereocenters. The number of carboxylic acid groups (broad SMARTS) is 1. The molecular weight excluding hydrogens is 547 g/mol. The van der Waals surface area contributed by atoms with E-state index >= 15 is 0 Å². The molecule has 0 bridgehead atoms. The summed E-state index contributed by atoms with van der Waals surface area (Å²) >= 11 is 12.3.